The number of halogens is 2. The minimum atomic E-state index is -0.372. The van der Waals surface area contributed by atoms with Crippen LogP contribution >= 0.6 is 31.1 Å². The number of benzene rings is 1. The standard InChI is InChI=1S/C14H13Cl2P/c1-10-8-17(12-6-4-3-5-7-12)9-11(2)13(10)14(15)16/h3-9H,1-2H3. The summed E-state index contributed by atoms with van der Waals surface area (Å²) in [6.45, 7) is 4.13. The number of hydrogen-bond acceptors (Lipinski definition) is 0. The third kappa shape index (κ3) is 2.83. The molecule has 3 heteroatoms. The van der Waals surface area contributed by atoms with Crippen LogP contribution in [0.25, 0.3) is 0 Å². The lowest BCUT2D eigenvalue weighted by Crippen LogP contribution is -2.02. The topological polar surface area (TPSA) is 0 Å². The highest BCUT2D eigenvalue weighted by Crippen LogP contribution is 2.47. The highest BCUT2D eigenvalue weighted by molar-refractivity contribution is 7.71. The molecule has 88 valence electrons. The van der Waals surface area contributed by atoms with Gasteiger partial charge in [0.25, 0.3) is 0 Å². The summed E-state index contributed by atoms with van der Waals surface area (Å²) in [7, 11) is -0.372. The van der Waals surface area contributed by atoms with E-state index in [1.54, 1.807) is 0 Å². The lowest BCUT2D eigenvalue weighted by atomic mass is 10.1. The molecular formula is C14H13Cl2P. The van der Waals surface area contributed by atoms with Gasteiger partial charge in [-0.15, -0.1) is 0 Å². The fourth-order valence-corrected chi connectivity index (χ4v) is 4.52. The quantitative estimate of drug-likeness (QED) is 0.613. The Morgan fingerprint density at radius 3 is 1.94 bits per heavy atom. The van der Waals surface area contributed by atoms with Crippen molar-refractivity contribution in [2.24, 2.45) is 0 Å². The second-order valence-corrected chi connectivity index (χ2v) is 6.80. The molecule has 1 aromatic rings. The molecule has 1 heterocycles. The summed E-state index contributed by atoms with van der Waals surface area (Å²) in [5.74, 6) is 4.52. The van der Waals surface area contributed by atoms with E-state index in [0.29, 0.717) is 4.49 Å². The van der Waals surface area contributed by atoms with Crippen molar-refractivity contribution in [3.8, 4) is 0 Å². The second-order valence-electron chi connectivity index (χ2n) is 4.00. The van der Waals surface area contributed by atoms with E-state index in [9.17, 15) is 0 Å². The lowest BCUT2D eigenvalue weighted by Gasteiger charge is -2.20. The van der Waals surface area contributed by atoms with Crippen molar-refractivity contribution in [3.05, 3.63) is 63.2 Å². The summed E-state index contributed by atoms with van der Waals surface area (Å²) in [6, 6.07) is 10.5. The molecule has 1 aromatic carbocycles. The summed E-state index contributed by atoms with van der Waals surface area (Å²) in [4.78, 5) is 0. The maximum atomic E-state index is 5.91. The first-order valence-corrected chi connectivity index (χ1v) is 7.59. The van der Waals surface area contributed by atoms with Gasteiger partial charge in [-0.3, -0.25) is 0 Å². The van der Waals surface area contributed by atoms with E-state index >= 15 is 0 Å². The molecular weight excluding hydrogens is 270 g/mol. The summed E-state index contributed by atoms with van der Waals surface area (Å²) in [5.41, 5.74) is 3.31. The van der Waals surface area contributed by atoms with Crippen LogP contribution in [0.2, 0.25) is 0 Å². The summed E-state index contributed by atoms with van der Waals surface area (Å²) in [6.07, 6.45) is 0. The zero-order valence-electron chi connectivity index (χ0n) is 9.74. The van der Waals surface area contributed by atoms with E-state index in [1.807, 2.05) is 6.07 Å². The molecule has 2 rings (SSSR count). The van der Waals surface area contributed by atoms with Gasteiger partial charge in [-0.25, -0.2) is 0 Å². The first-order chi connectivity index (χ1) is 8.09. The van der Waals surface area contributed by atoms with Gasteiger partial charge in [-0.05, 0) is 49.9 Å². The van der Waals surface area contributed by atoms with Gasteiger partial charge in [0.15, 0.2) is 0 Å². The van der Waals surface area contributed by atoms with Crippen LogP contribution in [0.4, 0.5) is 0 Å². The van der Waals surface area contributed by atoms with Gasteiger partial charge in [-0.1, -0.05) is 53.5 Å². The fraction of sp³-hybridized carbons (Fsp3) is 0.143. The molecule has 0 aromatic heterocycles. The van der Waals surface area contributed by atoms with Crippen molar-refractivity contribution >= 4 is 36.4 Å². The zero-order chi connectivity index (χ0) is 12.4. The highest BCUT2D eigenvalue weighted by Gasteiger charge is 2.17. The molecule has 0 radical (unpaired) electrons. The molecule has 17 heavy (non-hydrogen) atoms. The fourth-order valence-electron chi connectivity index (χ4n) is 1.94. The van der Waals surface area contributed by atoms with Crippen molar-refractivity contribution in [2.45, 2.75) is 13.8 Å². The van der Waals surface area contributed by atoms with Crippen molar-refractivity contribution < 1.29 is 0 Å². The molecule has 0 saturated heterocycles. The Bertz CT molecular complexity index is 486. The Labute approximate surface area is 113 Å². The van der Waals surface area contributed by atoms with Gasteiger partial charge in [0.05, 0.1) is 0 Å². The molecule has 0 saturated carbocycles. The minimum absolute atomic E-state index is 0.357. The molecule has 0 aliphatic carbocycles. The van der Waals surface area contributed by atoms with Gasteiger partial charge in [-0.2, -0.15) is 0 Å². The van der Waals surface area contributed by atoms with Crippen LogP contribution < -0.4 is 5.30 Å². The molecule has 0 unspecified atom stereocenters. The van der Waals surface area contributed by atoms with Crippen molar-refractivity contribution in [1.29, 1.82) is 0 Å². The highest BCUT2D eigenvalue weighted by atomic mass is 35.5. The van der Waals surface area contributed by atoms with Gasteiger partial charge in [0.1, 0.15) is 4.49 Å². The Morgan fingerprint density at radius 2 is 1.47 bits per heavy atom. The minimum Gasteiger partial charge on any atom is -0.0702 e. The molecule has 0 N–H and O–H groups in total. The van der Waals surface area contributed by atoms with Gasteiger partial charge >= 0.3 is 0 Å². The van der Waals surface area contributed by atoms with Crippen molar-refractivity contribution in [3.63, 3.8) is 0 Å². The van der Waals surface area contributed by atoms with Gasteiger partial charge in [0.2, 0.25) is 0 Å². The largest absolute Gasteiger partial charge is 0.114 e. The molecule has 0 fully saturated rings. The first kappa shape index (κ1) is 12.9. The average molecular weight is 283 g/mol. The van der Waals surface area contributed by atoms with Gasteiger partial charge < -0.3 is 0 Å². The van der Waals surface area contributed by atoms with E-state index in [4.69, 9.17) is 23.2 Å². The van der Waals surface area contributed by atoms with E-state index < -0.39 is 0 Å². The summed E-state index contributed by atoms with van der Waals surface area (Å²) < 4.78 is 0.357. The predicted molar refractivity (Wildman–Crippen MR) is 79.2 cm³/mol. The smallest absolute Gasteiger partial charge is 0.0702 e. The predicted octanol–water partition coefficient (Wildman–Crippen LogP) is 5.30. The molecule has 0 amide bonds. The SMILES string of the molecule is CC1=CP(c2ccccc2)C=C(C)C1=C(Cl)Cl. The average Bonchev–Trinajstić information content (AvgIpc) is 2.28. The van der Waals surface area contributed by atoms with Crippen molar-refractivity contribution in [2.75, 3.05) is 0 Å². The van der Waals surface area contributed by atoms with Gasteiger partial charge in [0, 0.05) is 5.57 Å². The molecule has 1 aliphatic rings. The maximum Gasteiger partial charge on any atom is 0.114 e. The van der Waals surface area contributed by atoms with E-state index in [2.05, 4.69) is 49.7 Å². The maximum absolute atomic E-state index is 5.91. The van der Waals surface area contributed by atoms with E-state index in [1.165, 1.54) is 16.5 Å². The summed E-state index contributed by atoms with van der Waals surface area (Å²) >= 11 is 11.8. The van der Waals surface area contributed by atoms with Crippen LogP contribution in [0.15, 0.2) is 63.2 Å². The second kappa shape index (κ2) is 5.40. The summed E-state index contributed by atoms with van der Waals surface area (Å²) in [5, 5.41) is 1.35. The van der Waals surface area contributed by atoms with Crippen LogP contribution in [0, 0.1) is 0 Å². The Kier molecular flexibility index (Phi) is 4.09. The number of allylic oxidation sites excluding steroid dienone is 3. The first-order valence-electron chi connectivity index (χ1n) is 5.36. The number of rotatable bonds is 1. The van der Waals surface area contributed by atoms with Crippen LogP contribution in [-0.4, -0.2) is 0 Å². The monoisotopic (exact) mass is 282 g/mol. The third-order valence-electron chi connectivity index (χ3n) is 2.70. The van der Waals surface area contributed by atoms with Crippen LogP contribution in [0.1, 0.15) is 13.8 Å². The van der Waals surface area contributed by atoms with E-state index in [-0.39, 0.29) is 7.92 Å². The lowest BCUT2D eigenvalue weighted by molar-refractivity contribution is 1.33. The zero-order valence-corrected chi connectivity index (χ0v) is 12.2. The molecule has 1 aliphatic heterocycles. The van der Waals surface area contributed by atoms with Crippen LogP contribution in [-0.2, 0) is 0 Å². The Balaban J connectivity index is 2.42. The third-order valence-corrected chi connectivity index (χ3v) is 5.30. The Hall–Kier alpha value is -0.550. The Morgan fingerprint density at radius 1 is 0.941 bits per heavy atom. The molecule has 0 spiro atoms. The molecule has 0 bridgehead atoms. The molecule has 0 nitrogen and oxygen atoms in total. The van der Waals surface area contributed by atoms with Crippen LogP contribution in [0.3, 0.4) is 0 Å². The van der Waals surface area contributed by atoms with Crippen LogP contribution in [0.5, 0.6) is 0 Å². The normalized spacial score (nSPS) is 19.8. The number of hydrogen-bond donors (Lipinski definition) is 0. The van der Waals surface area contributed by atoms with Crippen molar-refractivity contribution in [1.82, 2.24) is 0 Å². The van der Waals surface area contributed by atoms with E-state index in [0.717, 1.165) is 5.57 Å². The molecule has 0 atom stereocenters.